The quantitative estimate of drug-likeness (QED) is 0.869. The van der Waals surface area contributed by atoms with Gasteiger partial charge in [-0.2, -0.15) is 0 Å². The third-order valence-electron chi connectivity index (χ3n) is 3.15. The summed E-state index contributed by atoms with van der Waals surface area (Å²) in [6, 6.07) is 1.14. The van der Waals surface area contributed by atoms with Crippen LogP contribution in [0.3, 0.4) is 0 Å². The number of nitrogens with one attached hydrogen (secondary N) is 1. The van der Waals surface area contributed by atoms with E-state index in [1.807, 2.05) is 0 Å². The van der Waals surface area contributed by atoms with E-state index < -0.39 is 17.5 Å². The van der Waals surface area contributed by atoms with Gasteiger partial charge in [0.1, 0.15) is 0 Å². The first-order chi connectivity index (χ1) is 9.00. The van der Waals surface area contributed by atoms with Crippen molar-refractivity contribution in [3.05, 3.63) is 33.9 Å². The van der Waals surface area contributed by atoms with Crippen LogP contribution >= 0.6 is 11.6 Å². The summed E-state index contributed by atoms with van der Waals surface area (Å²) >= 11 is 5.75. The summed E-state index contributed by atoms with van der Waals surface area (Å²) in [5.74, 6) is -2.95. The smallest absolute Gasteiger partial charge is 0.254 e. The molecule has 0 bridgehead atoms. The average molecular weight is 290 g/mol. The minimum atomic E-state index is -1.17. The van der Waals surface area contributed by atoms with E-state index in [4.69, 9.17) is 16.3 Å². The molecule has 1 fully saturated rings. The Morgan fingerprint density at radius 3 is 2.89 bits per heavy atom. The first kappa shape index (κ1) is 14.2. The first-order valence-corrected chi connectivity index (χ1v) is 6.42. The number of carbonyl (C=O) groups excluding carboxylic acids is 1. The fourth-order valence-corrected chi connectivity index (χ4v) is 2.15. The second-order valence-corrected chi connectivity index (χ2v) is 4.91. The van der Waals surface area contributed by atoms with E-state index in [0.29, 0.717) is 6.61 Å². The Labute approximate surface area is 114 Å². The molecule has 0 aliphatic carbocycles. The molecule has 3 nitrogen and oxygen atoms in total. The molecule has 0 radical (unpaired) electrons. The maximum Gasteiger partial charge on any atom is 0.254 e. The van der Waals surface area contributed by atoms with Crippen molar-refractivity contribution in [2.24, 2.45) is 0 Å². The molecule has 104 valence electrons. The van der Waals surface area contributed by atoms with E-state index >= 15 is 0 Å². The van der Waals surface area contributed by atoms with E-state index in [0.717, 1.165) is 18.9 Å². The monoisotopic (exact) mass is 289 g/mol. The van der Waals surface area contributed by atoms with Crippen LogP contribution < -0.4 is 5.32 Å². The molecule has 1 aromatic carbocycles. The van der Waals surface area contributed by atoms with Crippen molar-refractivity contribution in [3.63, 3.8) is 0 Å². The third kappa shape index (κ3) is 3.04. The van der Waals surface area contributed by atoms with Gasteiger partial charge in [0.05, 0.1) is 11.7 Å². The minimum absolute atomic E-state index is 0.00478. The Bertz CT molecular complexity index is 502. The highest BCUT2D eigenvalue weighted by Gasteiger charge is 2.21. The van der Waals surface area contributed by atoms with Crippen molar-refractivity contribution in [2.75, 3.05) is 13.2 Å². The molecule has 1 unspecified atom stereocenters. The number of benzene rings is 1. The molecule has 0 saturated carbocycles. The minimum Gasteiger partial charge on any atom is -0.376 e. The molecular formula is C13H14ClF2NO2. The van der Waals surface area contributed by atoms with Crippen molar-refractivity contribution in [2.45, 2.75) is 25.9 Å². The molecule has 0 spiro atoms. The molecule has 19 heavy (non-hydrogen) atoms. The number of carbonyl (C=O) groups is 1. The second kappa shape index (κ2) is 5.84. The van der Waals surface area contributed by atoms with Crippen molar-refractivity contribution in [1.82, 2.24) is 5.32 Å². The van der Waals surface area contributed by atoms with Gasteiger partial charge in [-0.15, -0.1) is 0 Å². The van der Waals surface area contributed by atoms with Crippen molar-refractivity contribution >= 4 is 17.5 Å². The molecule has 1 atom stereocenters. The van der Waals surface area contributed by atoms with E-state index in [2.05, 4.69) is 5.32 Å². The maximum atomic E-state index is 13.7. The van der Waals surface area contributed by atoms with Gasteiger partial charge in [0.25, 0.3) is 5.91 Å². The fraction of sp³-hybridized carbons (Fsp3) is 0.462. The van der Waals surface area contributed by atoms with Gasteiger partial charge in [-0.25, -0.2) is 8.78 Å². The second-order valence-electron chi connectivity index (χ2n) is 4.50. The van der Waals surface area contributed by atoms with Gasteiger partial charge in [0, 0.05) is 23.7 Å². The molecule has 1 aliphatic heterocycles. The van der Waals surface area contributed by atoms with Crippen LogP contribution in [-0.4, -0.2) is 25.2 Å². The summed E-state index contributed by atoms with van der Waals surface area (Å²) < 4.78 is 32.5. The molecule has 1 aliphatic rings. The Kier molecular flexibility index (Phi) is 4.37. The summed E-state index contributed by atoms with van der Waals surface area (Å²) in [6.07, 6.45) is 1.74. The number of ether oxygens (including phenoxy) is 1. The van der Waals surface area contributed by atoms with Gasteiger partial charge in [-0.1, -0.05) is 11.6 Å². The summed E-state index contributed by atoms with van der Waals surface area (Å²) in [6.45, 7) is 2.31. The number of hydrogen-bond donors (Lipinski definition) is 1. The highest BCUT2D eigenvalue weighted by molar-refractivity contribution is 6.31. The molecule has 1 saturated heterocycles. The molecular weight excluding hydrogens is 276 g/mol. The normalized spacial score (nSPS) is 18.6. The lowest BCUT2D eigenvalue weighted by atomic mass is 10.1. The van der Waals surface area contributed by atoms with E-state index in [1.54, 1.807) is 0 Å². The predicted molar refractivity (Wildman–Crippen MR) is 67.4 cm³/mol. The van der Waals surface area contributed by atoms with E-state index in [1.165, 1.54) is 6.92 Å². The molecule has 1 N–H and O–H groups in total. The van der Waals surface area contributed by atoms with Gasteiger partial charge in [-0.05, 0) is 25.8 Å². The molecule has 1 aromatic rings. The van der Waals surface area contributed by atoms with Crippen molar-refractivity contribution < 1.29 is 18.3 Å². The highest BCUT2D eigenvalue weighted by Crippen LogP contribution is 2.24. The highest BCUT2D eigenvalue weighted by atomic mass is 35.5. The zero-order valence-corrected chi connectivity index (χ0v) is 11.2. The largest absolute Gasteiger partial charge is 0.376 e. The Morgan fingerprint density at radius 2 is 2.26 bits per heavy atom. The lowest BCUT2D eigenvalue weighted by Crippen LogP contribution is -2.32. The van der Waals surface area contributed by atoms with E-state index in [-0.39, 0.29) is 28.8 Å². The van der Waals surface area contributed by atoms with Gasteiger partial charge < -0.3 is 10.1 Å². The molecule has 2 rings (SSSR count). The fourth-order valence-electron chi connectivity index (χ4n) is 1.96. The van der Waals surface area contributed by atoms with Crippen LogP contribution in [0.4, 0.5) is 8.78 Å². The summed E-state index contributed by atoms with van der Waals surface area (Å²) in [7, 11) is 0. The van der Waals surface area contributed by atoms with Crippen molar-refractivity contribution in [1.29, 1.82) is 0 Å². The SMILES string of the molecule is Cc1c(Cl)cc(C(=O)NCC2CCCO2)c(F)c1F. The van der Waals surface area contributed by atoms with Crippen molar-refractivity contribution in [3.8, 4) is 0 Å². The van der Waals surface area contributed by atoms with Crippen LogP contribution in [0, 0.1) is 18.6 Å². The lowest BCUT2D eigenvalue weighted by Gasteiger charge is -2.12. The maximum absolute atomic E-state index is 13.7. The zero-order chi connectivity index (χ0) is 14.0. The molecule has 6 heteroatoms. The van der Waals surface area contributed by atoms with Gasteiger partial charge in [-0.3, -0.25) is 4.79 Å². The van der Waals surface area contributed by atoms with Crippen LogP contribution in [-0.2, 0) is 4.74 Å². The van der Waals surface area contributed by atoms with Crippen LogP contribution in [0.2, 0.25) is 5.02 Å². The van der Waals surface area contributed by atoms with Gasteiger partial charge in [0.15, 0.2) is 11.6 Å². The van der Waals surface area contributed by atoms with Gasteiger partial charge in [0.2, 0.25) is 0 Å². The van der Waals surface area contributed by atoms with Crippen LogP contribution in [0.25, 0.3) is 0 Å². The van der Waals surface area contributed by atoms with E-state index in [9.17, 15) is 13.6 Å². The average Bonchev–Trinajstić information content (AvgIpc) is 2.91. The molecule has 0 aromatic heterocycles. The number of hydrogen-bond acceptors (Lipinski definition) is 2. The first-order valence-electron chi connectivity index (χ1n) is 6.04. The Hall–Kier alpha value is -1.20. The molecule has 1 heterocycles. The number of rotatable bonds is 3. The number of halogens is 3. The third-order valence-corrected chi connectivity index (χ3v) is 3.54. The molecule has 1 amide bonds. The predicted octanol–water partition coefficient (Wildman–Crippen LogP) is 2.84. The standard InChI is InChI=1S/C13H14ClF2NO2/c1-7-10(14)5-9(12(16)11(7)15)13(18)17-6-8-3-2-4-19-8/h5,8H,2-4,6H2,1H3,(H,17,18). The summed E-state index contributed by atoms with van der Waals surface area (Å²) in [5, 5.41) is 2.56. The van der Waals surface area contributed by atoms with Crippen LogP contribution in [0.15, 0.2) is 6.07 Å². The lowest BCUT2D eigenvalue weighted by molar-refractivity contribution is 0.0853. The topological polar surface area (TPSA) is 38.3 Å². The zero-order valence-electron chi connectivity index (χ0n) is 10.4. The van der Waals surface area contributed by atoms with Crippen LogP contribution in [0.1, 0.15) is 28.8 Å². The summed E-state index contributed by atoms with van der Waals surface area (Å²) in [4.78, 5) is 11.8. The van der Waals surface area contributed by atoms with Gasteiger partial charge >= 0.3 is 0 Å². The Balaban J connectivity index is 2.10. The summed E-state index contributed by atoms with van der Waals surface area (Å²) in [5.41, 5.74) is -0.388. The van der Waals surface area contributed by atoms with Crippen LogP contribution in [0.5, 0.6) is 0 Å². The number of amides is 1. The Morgan fingerprint density at radius 1 is 1.53 bits per heavy atom.